The molecule has 1 amide bonds. The number of rotatable bonds is 5. The molecule has 0 aliphatic heterocycles. The second-order valence-corrected chi connectivity index (χ2v) is 7.50. The van der Waals surface area contributed by atoms with Crippen molar-refractivity contribution in [2.75, 3.05) is 0 Å². The van der Waals surface area contributed by atoms with Gasteiger partial charge in [0.25, 0.3) is 10.0 Å². The molecule has 0 aliphatic rings. The maximum atomic E-state index is 12.6. The molecule has 0 spiro atoms. The molecule has 25 heavy (non-hydrogen) atoms. The molecule has 6 heteroatoms. The van der Waals surface area contributed by atoms with Crippen molar-refractivity contribution < 1.29 is 13.2 Å². The lowest BCUT2D eigenvalue weighted by molar-refractivity contribution is -0.119. The highest BCUT2D eigenvalue weighted by atomic mass is 32.2. The molecular weight excluding hydrogens is 336 g/mol. The molecule has 0 atom stereocenters. The molecular formula is C19H18N2O3S. The maximum Gasteiger partial charge on any atom is 0.267 e. The number of aromatic nitrogens is 1. The third-order valence-corrected chi connectivity index (χ3v) is 5.44. The first kappa shape index (κ1) is 17.0. The molecule has 1 N–H and O–H groups in total. The van der Waals surface area contributed by atoms with E-state index in [0.717, 1.165) is 16.7 Å². The van der Waals surface area contributed by atoms with Gasteiger partial charge in [-0.25, -0.2) is 12.4 Å². The van der Waals surface area contributed by atoms with E-state index in [1.165, 1.54) is 23.3 Å². The normalized spacial score (nSPS) is 11.2. The van der Waals surface area contributed by atoms with Crippen molar-refractivity contribution in [1.82, 2.24) is 9.29 Å². The lowest BCUT2D eigenvalue weighted by atomic mass is 10.0. The van der Waals surface area contributed by atoms with E-state index in [1.54, 1.807) is 30.3 Å². The number of carbonyl (C=O) groups excluding carboxylic acids is 1. The number of carbonyl (C=O) groups is 1. The van der Waals surface area contributed by atoms with Crippen molar-refractivity contribution in [3.63, 3.8) is 0 Å². The predicted octanol–water partition coefficient (Wildman–Crippen LogP) is 3.03. The van der Waals surface area contributed by atoms with Crippen LogP contribution in [0.25, 0.3) is 11.1 Å². The summed E-state index contributed by atoms with van der Waals surface area (Å²) in [5, 5.41) is 2.76. The van der Waals surface area contributed by atoms with Gasteiger partial charge < -0.3 is 5.32 Å². The monoisotopic (exact) mass is 354 g/mol. The summed E-state index contributed by atoms with van der Waals surface area (Å²) in [6.07, 6.45) is 3.02. The van der Waals surface area contributed by atoms with Crippen molar-refractivity contribution in [2.45, 2.75) is 18.4 Å². The van der Waals surface area contributed by atoms with E-state index < -0.39 is 10.0 Å². The van der Waals surface area contributed by atoms with Crippen molar-refractivity contribution in [2.24, 2.45) is 0 Å². The molecule has 0 radical (unpaired) electrons. The average Bonchev–Trinajstić information content (AvgIpc) is 3.16. The molecule has 128 valence electrons. The minimum Gasteiger partial charge on any atom is -0.352 e. The summed E-state index contributed by atoms with van der Waals surface area (Å²) in [6.45, 7) is 1.91. The van der Waals surface area contributed by atoms with Gasteiger partial charge in [-0.1, -0.05) is 30.3 Å². The quantitative estimate of drug-likeness (QED) is 0.766. The first-order chi connectivity index (χ1) is 12.0. The van der Waals surface area contributed by atoms with Crippen LogP contribution in [0.4, 0.5) is 0 Å². The molecule has 1 heterocycles. The van der Waals surface area contributed by atoms with Gasteiger partial charge in [-0.2, -0.15) is 0 Å². The Kier molecular flexibility index (Phi) is 4.72. The summed E-state index contributed by atoms with van der Waals surface area (Å²) in [6, 6.07) is 17.8. The fourth-order valence-corrected chi connectivity index (χ4v) is 3.76. The fraction of sp³-hybridized carbons (Fsp3) is 0.105. The standard InChI is InChI=1S/C19H18N2O3S/c1-15(22)20-14-16-6-4-7-17(12-16)18-8-5-9-19(13-18)25(23,24)21-10-2-3-11-21/h2-13H,14H2,1H3,(H,20,22). The van der Waals surface area contributed by atoms with Crippen LogP contribution in [-0.4, -0.2) is 18.3 Å². The summed E-state index contributed by atoms with van der Waals surface area (Å²) >= 11 is 0. The zero-order chi connectivity index (χ0) is 17.9. The van der Waals surface area contributed by atoms with E-state index in [-0.39, 0.29) is 10.8 Å². The highest BCUT2D eigenvalue weighted by molar-refractivity contribution is 7.90. The lowest BCUT2D eigenvalue weighted by Gasteiger charge is -2.09. The van der Waals surface area contributed by atoms with E-state index in [9.17, 15) is 13.2 Å². The van der Waals surface area contributed by atoms with Crippen LogP contribution in [0, 0.1) is 0 Å². The Hall–Kier alpha value is -2.86. The molecule has 0 fully saturated rings. The van der Waals surface area contributed by atoms with Crippen LogP contribution in [-0.2, 0) is 21.4 Å². The van der Waals surface area contributed by atoms with Gasteiger partial charge in [-0.15, -0.1) is 0 Å². The Morgan fingerprint density at radius 1 is 0.960 bits per heavy atom. The van der Waals surface area contributed by atoms with Crippen LogP contribution in [0.3, 0.4) is 0 Å². The molecule has 3 rings (SSSR count). The average molecular weight is 354 g/mol. The summed E-state index contributed by atoms with van der Waals surface area (Å²) in [7, 11) is -3.60. The van der Waals surface area contributed by atoms with Crippen molar-refractivity contribution >= 4 is 15.9 Å². The van der Waals surface area contributed by atoms with Crippen molar-refractivity contribution in [3.8, 4) is 11.1 Å². The highest BCUT2D eigenvalue weighted by Crippen LogP contribution is 2.24. The van der Waals surface area contributed by atoms with Gasteiger partial charge in [0.2, 0.25) is 5.91 Å². The van der Waals surface area contributed by atoms with E-state index in [0.29, 0.717) is 6.54 Å². The van der Waals surface area contributed by atoms with Gasteiger partial charge in [0.1, 0.15) is 0 Å². The van der Waals surface area contributed by atoms with E-state index in [4.69, 9.17) is 0 Å². The summed E-state index contributed by atoms with van der Waals surface area (Å²) in [5.74, 6) is -0.0924. The van der Waals surface area contributed by atoms with Crippen molar-refractivity contribution in [3.05, 3.63) is 78.6 Å². The predicted molar refractivity (Wildman–Crippen MR) is 96.4 cm³/mol. The fourth-order valence-electron chi connectivity index (χ4n) is 2.52. The molecule has 3 aromatic rings. The number of nitrogens with one attached hydrogen (secondary N) is 1. The third-order valence-electron chi connectivity index (χ3n) is 3.79. The van der Waals surface area contributed by atoms with E-state index >= 15 is 0 Å². The molecule has 0 bridgehead atoms. The smallest absolute Gasteiger partial charge is 0.267 e. The second kappa shape index (κ2) is 6.94. The van der Waals surface area contributed by atoms with Crippen LogP contribution >= 0.6 is 0 Å². The molecule has 0 aliphatic carbocycles. The Balaban J connectivity index is 1.95. The van der Waals surface area contributed by atoms with E-state index in [2.05, 4.69) is 5.32 Å². The van der Waals surface area contributed by atoms with Crippen LogP contribution in [0.1, 0.15) is 12.5 Å². The van der Waals surface area contributed by atoms with E-state index in [1.807, 2.05) is 30.3 Å². The molecule has 0 saturated heterocycles. The second-order valence-electron chi connectivity index (χ2n) is 5.66. The van der Waals surface area contributed by atoms with Gasteiger partial charge in [-0.05, 0) is 47.0 Å². The number of nitrogens with zero attached hydrogens (tertiary/aromatic N) is 1. The molecule has 5 nitrogen and oxygen atoms in total. The van der Waals surface area contributed by atoms with Gasteiger partial charge in [-0.3, -0.25) is 4.79 Å². The Bertz CT molecular complexity index is 993. The van der Waals surface area contributed by atoms with Crippen LogP contribution < -0.4 is 5.32 Å². The Labute approximate surface area is 147 Å². The van der Waals surface area contributed by atoms with Gasteiger partial charge >= 0.3 is 0 Å². The summed E-state index contributed by atoms with van der Waals surface area (Å²) in [5.41, 5.74) is 2.65. The number of amides is 1. The first-order valence-corrected chi connectivity index (χ1v) is 9.23. The number of hydrogen-bond acceptors (Lipinski definition) is 3. The Morgan fingerprint density at radius 2 is 1.60 bits per heavy atom. The molecule has 0 unspecified atom stereocenters. The van der Waals surface area contributed by atoms with Crippen LogP contribution in [0.5, 0.6) is 0 Å². The maximum absolute atomic E-state index is 12.6. The SMILES string of the molecule is CC(=O)NCc1cccc(-c2cccc(S(=O)(=O)n3cccc3)c2)c1. The number of benzene rings is 2. The third kappa shape index (κ3) is 3.80. The van der Waals surface area contributed by atoms with Gasteiger partial charge in [0.05, 0.1) is 4.90 Å². The van der Waals surface area contributed by atoms with Crippen LogP contribution in [0.15, 0.2) is 78.0 Å². The zero-order valence-corrected chi connectivity index (χ0v) is 14.5. The minimum absolute atomic E-state index is 0.0924. The van der Waals surface area contributed by atoms with Crippen LogP contribution in [0.2, 0.25) is 0 Å². The van der Waals surface area contributed by atoms with Gasteiger partial charge in [0.15, 0.2) is 0 Å². The lowest BCUT2D eigenvalue weighted by Crippen LogP contribution is -2.18. The first-order valence-electron chi connectivity index (χ1n) is 7.79. The van der Waals surface area contributed by atoms with Crippen molar-refractivity contribution in [1.29, 1.82) is 0 Å². The minimum atomic E-state index is -3.60. The summed E-state index contributed by atoms with van der Waals surface area (Å²) in [4.78, 5) is 11.3. The summed E-state index contributed by atoms with van der Waals surface area (Å²) < 4.78 is 26.5. The molecule has 2 aromatic carbocycles. The largest absolute Gasteiger partial charge is 0.352 e. The van der Waals surface area contributed by atoms with Gasteiger partial charge in [0, 0.05) is 25.9 Å². The molecule has 0 saturated carbocycles. The highest BCUT2D eigenvalue weighted by Gasteiger charge is 2.16. The zero-order valence-electron chi connectivity index (χ0n) is 13.7. The topological polar surface area (TPSA) is 68.2 Å². The Morgan fingerprint density at radius 3 is 2.28 bits per heavy atom. The number of hydrogen-bond donors (Lipinski definition) is 1. The molecule has 1 aromatic heterocycles.